The molecule has 0 heterocycles. The lowest BCUT2D eigenvalue weighted by Gasteiger charge is -2.09. The number of thiocarbonyl (C=S) groups is 1. The molecule has 0 aliphatic carbocycles. The number of nitrogens with two attached hydrogens (primary N) is 1. The zero-order chi connectivity index (χ0) is 15.9. The predicted molar refractivity (Wildman–Crippen MR) is 88.3 cm³/mol. The molecule has 5 nitrogen and oxygen atoms in total. The van der Waals surface area contributed by atoms with E-state index in [9.17, 15) is 8.42 Å². The molecule has 118 valence electrons. The fraction of sp³-hybridized carbons (Fsp3) is 0.462. The van der Waals surface area contributed by atoms with E-state index >= 15 is 0 Å². The molecule has 0 saturated heterocycles. The molecule has 0 radical (unpaired) electrons. The summed E-state index contributed by atoms with van der Waals surface area (Å²) in [6.07, 6.45) is 2.56. The van der Waals surface area contributed by atoms with Gasteiger partial charge >= 0.3 is 0 Å². The average molecular weight is 351 g/mol. The minimum Gasteiger partial charge on any atom is -0.389 e. The Hall–Kier alpha value is -0.730. The Morgan fingerprint density at radius 3 is 2.67 bits per heavy atom. The highest BCUT2D eigenvalue weighted by Crippen LogP contribution is 2.20. The Morgan fingerprint density at radius 2 is 2.10 bits per heavy atom. The third kappa shape index (κ3) is 5.88. The molecule has 0 aliphatic rings. The van der Waals surface area contributed by atoms with Crippen LogP contribution in [0.5, 0.6) is 0 Å². The van der Waals surface area contributed by atoms with Gasteiger partial charge in [-0.05, 0) is 37.5 Å². The van der Waals surface area contributed by atoms with Gasteiger partial charge in [-0.15, -0.1) is 0 Å². The summed E-state index contributed by atoms with van der Waals surface area (Å²) >= 11 is 10.8. The van der Waals surface area contributed by atoms with E-state index in [-0.39, 0.29) is 14.9 Å². The van der Waals surface area contributed by atoms with Crippen LogP contribution < -0.4 is 10.5 Å². The standard InChI is InChI=1S/C13H19ClN2O3S2/c1-19-8-4-2-3-7-16-21(17,18)10-5-6-11(13(15)20)12(14)9-10/h5-6,9,16H,2-4,7-8H2,1H3,(H2,15,20). The highest BCUT2D eigenvalue weighted by atomic mass is 35.5. The van der Waals surface area contributed by atoms with Crippen LogP contribution in [0.4, 0.5) is 0 Å². The van der Waals surface area contributed by atoms with Crippen molar-refractivity contribution in [2.45, 2.75) is 24.2 Å². The molecule has 0 spiro atoms. The lowest BCUT2D eigenvalue weighted by Crippen LogP contribution is -2.25. The highest BCUT2D eigenvalue weighted by Gasteiger charge is 2.15. The summed E-state index contributed by atoms with van der Waals surface area (Å²) < 4.78 is 31.7. The number of rotatable bonds is 9. The molecule has 0 atom stereocenters. The Morgan fingerprint density at radius 1 is 1.38 bits per heavy atom. The minimum absolute atomic E-state index is 0.101. The van der Waals surface area contributed by atoms with Gasteiger partial charge in [-0.2, -0.15) is 0 Å². The SMILES string of the molecule is COCCCCCNS(=O)(=O)c1ccc(C(N)=S)c(Cl)c1. The number of sulfonamides is 1. The molecule has 0 aromatic heterocycles. The number of nitrogens with one attached hydrogen (secondary N) is 1. The zero-order valence-corrected chi connectivity index (χ0v) is 14.2. The van der Waals surface area contributed by atoms with Gasteiger partial charge in [0.15, 0.2) is 0 Å². The van der Waals surface area contributed by atoms with Gasteiger partial charge in [0.25, 0.3) is 0 Å². The predicted octanol–water partition coefficient (Wildman–Crippen LogP) is 2.07. The number of hydrogen-bond acceptors (Lipinski definition) is 4. The van der Waals surface area contributed by atoms with Crippen LogP contribution in [0.2, 0.25) is 5.02 Å². The number of unbranched alkanes of at least 4 members (excludes halogenated alkanes) is 2. The van der Waals surface area contributed by atoms with Crippen molar-refractivity contribution in [3.8, 4) is 0 Å². The summed E-state index contributed by atoms with van der Waals surface area (Å²) in [6, 6.07) is 4.30. The van der Waals surface area contributed by atoms with E-state index in [0.717, 1.165) is 19.3 Å². The number of hydrogen-bond donors (Lipinski definition) is 2. The first kappa shape index (κ1) is 18.3. The van der Waals surface area contributed by atoms with E-state index in [4.69, 9.17) is 34.3 Å². The number of benzene rings is 1. The second-order valence-electron chi connectivity index (χ2n) is 4.46. The van der Waals surface area contributed by atoms with E-state index in [0.29, 0.717) is 18.7 Å². The maximum atomic E-state index is 12.1. The van der Waals surface area contributed by atoms with Crippen molar-refractivity contribution in [1.29, 1.82) is 0 Å². The smallest absolute Gasteiger partial charge is 0.240 e. The Labute approximate surface area is 135 Å². The largest absolute Gasteiger partial charge is 0.389 e. The summed E-state index contributed by atoms with van der Waals surface area (Å²) in [5, 5.41) is 0.227. The molecule has 0 bridgehead atoms. The first-order valence-corrected chi connectivity index (χ1v) is 8.73. The van der Waals surface area contributed by atoms with Crippen LogP contribution in [0.1, 0.15) is 24.8 Å². The normalized spacial score (nSPS) is 11.5. The van der Waals surface area contributed by atoms with E-state index in [1.54, 1.807) is 7.11 Å². The average Bonchev–Trinajstić information content (AvgIpc) is 2.42. The molecule has 0 unspecified atom stereocenters. The minimum atomic E-state index is -3.57. The van der Waals surface area contributed by atoms with Crippen molar-refractivity contribution in [2.75, 3.05) is 20.3 Å². The van der Waals surface area contributed by atoms with Crippen LogP contribution >= 0.6 is 23.8 Å². The molecule has 0 aliphatic heterocycles. The van der Waals surface area contributed by atoms with E-state index in [2.05, 4.69) is 4.72 Å². The van der Waals surface area contributed by atoms with E-state index in [1.165, 1.54) is 18.2 Å². The third-order valence-corrected chi connectivity index (χ3v) is 4.82. The highest BCUT2D eigenvalue weighted by molar-refractivity contribution is 7.89. The molecule has 0 fully saturated rings. The van der Waals surface area contributed by atoms with Crippen molar-refractivity contribution >= 4 is 38.8 Å². The van der Waals surface area contributed by atoms with Crippen LogP contribution in [-0.4, -0.2) is 33.7 Å². The molecule has 1 aromatic carbocycles. The van der Waals surface area contributed by atoms with Crippen LogP contribution in [0.15, 0.2) is 23.1 Å². The Bertz CT molecular complexity index is 591. The summed E-state index contributed by atoms with van der Waals surface area (Å²) in [5.74, 6) is 0. The molecule has 0 amide bonds. The van der Waals surface area contributed by atoms with Gasteiger partial charge in [-0.1, -0.05) is 23.8 Å². The second-order valence-corrected chi connectivity index (χ2v) is 7.07. The van der Waals surface area contributed by atoms with Crippen molar-refractivity contribution in [2.24, 2.45) is 5.73 Å². The van der Waals surface area contributed by atoms with Gasteiger partial charge in [-0.25, -0.2) is 13.1 Å². The lowest BCUT2D eigenvalue weighted by atomic mass is 10.2. The number of halogens is 1. The molecular weight excluding hydrogens is 332 g/mol. The maximum absolute atomic E-state index is 12.1. The van der Waals surface area contributed by atoms with Gasteiger partial charge in [-0.3, -0.25) is 0 Å². The zero-order valence-electron chi connectivity index (χ0n) is 11.8. The fourth-order valence-electron chi connectivity index (χ4n) is 1.70. The summed E-state index contributed by atoms with van der Waals surface area (Å²) in [7, 11) is -1.93. The first-order valence-electron chi connectivity index (χ1n) is 6.46. The number of ether oxygens (including phenoxy) is 1. The molecule has 0 saturated carbocycles. The number of methoxy groups -OCH3 is 1. The quantitative estimate of drug-likeness (QED) is 0.526. The topological polar surface area (TPSA) is 81.4 Å². The monoisotopic (exact) mass is 350 g/mol. The van der Waals surface area contributed by atoms with Crippen LogP contribution in [0.25, 0.3) is 0 Å². The fourth-order valence-corrected chi connectivity index (χ4v) is 3.38. The van der Waals surface area contributed by atoms with Crippen molar-refractivity contribution in [1.82, 2.24) is 4.72 Å². The first-order chi connectivity index (χ1) is 9.88. The van der Waals surface area contributed by atoms with Gasteiger partial charge in [0.1, 0.15) is 4.99 Å². The van der Waals surface area contributed by atoms with Crippen LogP contribution in [0.3, 0.4) is 0 Å². The van der Waals surface area contributed by atoms with Crippen molar-refractivity contribution < 1.29 is 13.2 Å². The summed E-state index contributed by atoms with van der Waals surface area (Å²) in [5.41, 5.74) is 5.95. The third-order valence-electron chi connectivity index (χ3n) is 2.83. The Kier molecular flexibility index (Phi) is 7.55. The van der Waals surface area contributed by atoms with Gasteiger partial charge in [0, 0.05) is 25.8 Å². The second kappa shape index (κ2) is 8.65. The molecule has 1 aromatic rings. The van der Waals surface area contributed by atoms with Crippen LogP contribution in [-0.2, 0) is 14.8 Å². The summed E-state index contributed by atoms with van der Waals surface area (Å²) in [4.78, 5) is 0.236. The molecule has 3 N–H and O–H groups in total. The van der Waals surface area contributed by atoms with Crippen molar-refractivity contribution in [3.05, 3.63) is 28.8 Å². The molecule has 8 heteroatoms. The van der Waals surface area contributed by atoms with E-state index < -0.39 is 10.0 Å². The van der Waals surface area contributed by atoms with Crippen molar-refractivity contribution in [3.63, 3.8) is 0 Å². The summed E-state index contributed by atoms with van der Waals surface area (Å²) in [6.45, 7) is 1.06. The molecule has 1 rings (SSSR count). The Balaban J connectivity index is 2.62. The molecule has 21 heavy (non-hydrogen) atoms. The van der Waals surface area contributed by atoms with Gasteiger partial charge < -0.3 is 10.5 Å². The van der Waals surface area contributed by atoms with Gasteiger partial charge in [0.2, 0.25) is 10.0 Å². The van der Waals surface area contributed by atoms with Crippen LogP contribution in [0, 0.1) is 0 Å². The maximum Gasteiger partial charge on any atom is 0.240 e. The van der Waals surface area contributed by atoms with Gasteiger partial charge in [0.05, 0.1) is 9.92 Å². The lowest BCUT2D eigenvalue weighted by molar-refractivity contribution is 0.192. The van der Waals surface area contributed by atoms with E-state index in [1.807, 2.05) is 0 Å². The molecular formula is C13H19ClN2O3S2.